The molecule has 0 aromatic heterocycles. The number of hydrogen-bond acceptors (Lipinski definition) is 1. The topological polar surface area (TPSA) is 9.23 Å². The van der Waals surface area contributed by atoms with Crippen LogP contribution in [0.3, 0.4) is 0 Å². The number of alkyl halides is 1. The number of ether oxygens (including phenoxy) is 1. The average Bonchev–Trinajstić information content (AvgIpc) is 2.38. The lowest BCUT2D eigenvalue weighted by atomic mass is 9.86. The highest BCUT2D eigenvalue weighted by atomic mass is 79.9. The molecule has 0 fully saturated rings. The zero-order valence-electron chi connectivity index (χ0n) is 10.5. The summed E-state index contributed by atoms with van der Waals surface area (Å²) < 4.78 is 6.17. The molecule has 0 saturated carbocycles. The van der Waals surface area contributed by atoms with Gasteiger partial charge in [-0.1, -0.05) is 52.3 Å². The van der Waals surface area contributed by atoms with Gasteiger partial charge in [-0.15, -0.1) is 0 Å². The summed E-state index contributed by atoms with van der Waals surface area (Å²) in [6, 6.07) is 14.9. The Morgan fingerprint density at radius 2 is 1.83 bits per heavy atom. The molecule has 0 atom stereocenters. The van der Waals surface area contributed by atoms with Crippen molar-refractivity contribution in [3.63, 3.8) is 0 Å². The molecule has 2 aromatic carbocycles. The van der Waals surface area contributed by atoms with Crippen LogP contribution in [-0.2, 0) is 10.9 Å². The van der Waals surface area contributed by atoms with Gasteiger partial charge in [0.1, 0.15) is 11.4 Å². The van der Waals surface area contributed by atoms with Gasteiger partial charge in [0.25, 0.3) is 0 Å². The quantitative estimate of drug-likeness (QED) is 0.683. The van der Waals surface area contributed by atoms with Crippen molar-refractivity contribution in [1.29, 1.82) is 0 Å². The molecule has 0 saturated heterocycles. The Hall–Kier alpha value is -1.28. The van der Waals surface area contributed by atoms with Gasteiger partial charge in [-0.25, -0.2) is 0 Å². The number of benzene rings is 2. The van der Waals surface area contributed by atoms with Gasteiger partial charge < -0.3 is 4.74 Å². The number of hydrogen-bond donors (Lipinski definition) is 0. The summed E-state index contributed by atoms with van der Waals surface area (Å²) in [5, 5.41) is 0.853. The third-order valence-electron chi connectivity index (χ3n) is 3.43. The molecule has 1 heterocycles. The maximum Gasteiger partial charge on any atom is 0.129 e. The molecule has 2 heteroatoms. The predicted octanol–water partition coefficient (Wildman–Crippen LogP) is 4.88. The van der Waals surface area contributed by atoms with Crippen LogP contribution in [0.5, 0.6) is 5.75 Å². The van der Waals surface area contributed by atoms with E-state index in [1.54, 1.807) is 0 Å². The number of rotatable bonds is 1. The third kappa shape index (κ3) is 1.76. The fourth-order valence-corrected chi connectivity index (χ4v) is 2.88. The van der Waals surface area contributed by atoms with E-state index in [-0.39, 0.29) is 5.60 Å². The zero-order valence-corrected chi connectivity index (χ0v) is 12.1. The van der Waals surface area contributed by atoms with E-state index in [2.05, 4.69) is 72.2 Å². The van der Waals surface area contributed by atoms with Gasteiger partial charge in [0.2, 0.25) is 0 Å². The molecular formula is C16H15BrO. The highest BCUT2D eigenvalue weighted by Crippen LogP contribution is 2.45. The molecule has 92 valence electrons. The minimum atomic E-state index is -0.269. The van der Waals surface area contributed by atoms with Crippen molar-refractivity contribution in [2.24, 2.45) is 0 Å². The van der Waals surface area contributed by atoms with Crippen LogP contribution in [0.2, 0.25) is 0 Å². The van der Waals surface area contributed by atoms with Crippen LogP contribution < -0.4 is 4.74 Å². The Balaban J connectivity index is 2.25. The van der Waals surface area contributed by atoms with Gasteiger partial charge in [-0.05, 0) is 31.0 Å². The fraction of sp³-hybridized carbons (Fsp3) is 0.250. The van der Waals surface area contributed by atoms with Crippen molar-refractivity contribution in [3.8, 4) is 16.9 Å². The van der Waals surface area contributed by atoms with Crippen LogP contribution in [0.25, 0.3) is 11.1 Å². The average molecular weight is 303 g/mol. The summed E-state index contributed by atoms with van der Waals surface area (Å²) in [7, 11) is 0. The van der Waals surface area contributed by atoms with Crippen LogP contribution in [0.15, 0.2) is 42.5 Å². The smallest absolute Gasteiger partial charge is 0.129 e. The molecule has 0 amide bonds. The summed E-state index contributed by atoms with van der Waals surface area (Å²) in [6.45, 7) is 4.24. The van der Waals surface area contributed by atoms with E-state index < -0.39 is 0 Å². The molecule has 1 aliphatic heterocycles. The van der Waals surface area contributed by atoms with Gasteiger partial charge in [0.15, 0.2) is 0 Å². The molecule has 0 spiro atoms. The van der Waals surface area contributed by atoms with Crippen molar-refractivity contribution in [2.75, 3.05) is 0 Å². The highest BCUT2D eigenvalue weighted by Gasteiger charge is 2.31. The molecule has 0 N–H and O–H groups in total. The summed E-state index contributed by atoms with van der Waals surface area (Å²) in [5.41, 5.74) is 4.70. The van der Waals surface area contributed by atoms with E-state index in [1.165, 1.54) is 22.3 Å². The number of fused-ring (bicyclic) bond motifs is 3. The lowest BCUT2D eigenvalue weighted by Crippen LogP contribution is -2.29. The van der Waals surface area contributed by atoms with E-state index in [0.29, 0.717) is 0 Å². The Morgan fingerprint density at radius 1 is 1.06 bits per heavy atom. The standard InChI is InChI=1S/C16H15BrO/c1-16(2)14-6-4-3-5-12(14)13-8-7-11(10-17)9-15(13)18-16/h3-9H,10H2,1-2H3. The summed E-state index contributed by atoms with van der Waals surface area (Å²) in [5.74, 6) is 0.982. The maximum absolute atomic E-state index is 6.17. The van der Waals surface area contributed by atoms with Crippen molar-refractivity contribution >= 4 is 15.9 Å². The van der Waals surface area contributed by atoms with Crippen molar-refractivity contribution < 1.29 is 4.74 Å². The second kappa shape index (κ2) is 4.13. The van der Waals surface area contributed by atoms with Gasteiger partial charge in [0, 0.05) is 16.5 Å². The normalized spacial score (nSPS) is 15.5. The van der Waals surface area contributed by atoms with Crippen molar-refractivity contribution in [2.45, 2.75) is 24.8 Å². The van der Waals surface area contributed by atoms with Crippen LogP contribution in [0, 0.1) is 0 Å². The summed E-state index contributed by atoms with van der Waals surface area (Å²) in [6.07, 6.45) is 0. The van der Waals surface area contributed by atoms with E-state index in [1.807, 2.05) is 0 Å². The molecule has 0 aliphatic carbocycles. The zero-order chi connectivity index (χ0) is 12.8. The lowest BCUT2D eigenvalue weighted by molar-refractivity contribution is 0.105. The van der Waals surface area contributed by atoms with E-state index in [9.17, 15) is 0 Å². The fourth-order valence-electron chi connectivity index (χ4n) is 2.53. The molecule has 2 aromatic rings. The molecule has 1 nitrogen and oxygen atoms in total. The molecule has 0 unspecified atom stereocenters. The van der Waals surface area contributed by atoms with Crippen LogP contribution >= 0.6 is 15.9 Å². The first kappa shape index (κ1) is 11.8. The molecule has 18 heavy (non-hydrogen) atoms. The van der Waals surface area contributed by atoms with Gasteiger partial charge >= 0.3 is 0 Å². The third-order valence-corrected chi connectivity index (χ3v) is 4.08. The summed E-state index contributed by atoms with van der Waals surface area (Å²) in [4.78, 5) is 0. The van der Waals surface area contributed by atoms with E-state index >= 15 is 0 Å². The van der Waals surface area contributed by atoms with Crippen molar-refractivity contribution in [3.05, 3.63) is 53.6 Å². The second-order valence-electron chi connectivity index (χ2n) is 5.12. The minimum Gasteiger partial charge on any atom is -0.482 e. The first-order valence-corrected chi connectivity index (χ1v) is 7.22. The van der Waals surface area contributed by atoms with Crippen LogP contribution in [0.1, 0.15) is 25.0 Å². The molecule has 0 radical (unpaired) electrons. The molecule has 1 aliphatic rings. The van der Waals surface area contributed by atoms with Gasteiger partial charge in [-0.2, -0.15) is 0 Å². The summed E-state index contributed by atoms with van der Waals surface area (Å²) >= 11 is 3.49. The first-order chi connectivity index (χ1) is 8.62. The predicted molar refractivity (Wildman–Crippen MR) is 78.2 cm³/mol. The number of halogens is 1. The Kier molecular flexibility index (Phi) is 2.70. The first-order valence-electron chi connectivity index (χ1n) is 6.09. The Bertz CT molecular complexity index is 602. The lowest BCUT2D eigenvalue weighted by Gasteiger charge is -2.35. The monoisotopic (exact) mass is 302 g/mol. The van der Waals surface area contributed by atoms with Gasteiger partial charge in [0.05, 0.1) is 0 Å². The highest BCUT2D eigenvalue weighted by molar-refractivity contribution is 9.08. The molecule has 3 rings (SSSR count). The Labute approximate surface area is 116 Å². The van der Waals surface area contributed by atoms with E-state index in [0.717, 1.165) is 11.1 Å². The largest absolute Gasteiger partial charge is 0.482 e. The maximum atomic E-state index is 6.17. The van der Waals surface area contributed by atoms with Crippen LogP contribution in [0.4, 0.5) is 0 Å². The van der Waals surface area contributed by atoms with Crippen molar-refractivity contribution in [1.82, 2.24) is 0 Å². The van der Waals surface area contributed by atoms with E-state index in [4.69, 9.17) is 4.74 Å². The molecular weight excluding hydrogens is 288 g/mol. The minimum absolute atomic E-state index is 0.269. The second-order valence-corrected chi connectivity index (χ2v) is 5.68. The molecule has 0 bridgehead atoms. The van der Waals surface area contributed by atoms with Gasteiger partial charge in [-0.3, -0.25) is 0 Å². The van der Waals surface area contributed by atoms with Crippen LogP contribution in [-0.4, -0.2) is 0 Å². The SMILES string of the molecule is CC1(C)Oc2cc(CBr)ccc2-c2ccccc21. The Morgan fingerprint density at radius 3 is 2.61 bits per heavy atom.